The molecular formula is C13H19NO2. The summed E-state index contributed by atoms with van der Waals surface area (Å²) in [5.74, 6) is 0.842. The zero-order valence-electron chi connectivity index (χ0n) is 10.5. The maximum absolute atomic E-state index is 11.6. The number of hydrogen-bond acceptors (Lipinski definition) is 2. The van der Waals surface area contributed by atoms with Gasteiger partial charge in [0.15, 0.2) is 0 Å². The smallest absolute Gasteiger partial charge is 0.226 e. The summed E-state index contributed by atoms with van der Waals surface area (Å²) in [6, 6.07) is 3.84. The molecule has 0 heterocycles. The molecule has 1 aromatic carbocycles. The molecule has 1 amide bonds. The normalized spacial score (nSPS) is 10.4. The van der Waals surface area contributed by atoms with E-state index >= 15 is 0 Å². The zero-order chi connectivity index (χ0) is 12.3. The van der Waals surface area contributed by atoms with Gasteiger partial charge in [0, 0.05) is 11.6 Å². The Labute approximate surface area is 96.8 Å². The largest absolute Gasteiger partial charge is 0.497 e. The predicted octanol–water partition coefficient (Wildman–Crippen LogP) is 2.91. The Balaban J connectivity index is 3.01. The fourth-order valence-corrected chi connectivity index (χ4v) is 1.51. The highest BCUT2D eigenvalue weighted by atomic mass is 16.5. The number of rotatable bonds is 3. The van der Waals surface area contributed by atoms with Gasteiger partial charge in [-0.2, -0.15) is 0 Å². The third-order valence-corrected chi connectivity index (χ3v) is 2.51. The molecule has 0 radical (unpaired) electrons. The first kappa shape index (κ1) is 12.6. The molecule has 0 aliphatic carbocycles. The average Bonchev–Trinajstić information content (AvgIpc) is 2.22. The van der Waals surface area contributed by atoms with Gasteiger partial charge in [0.25, 0.3) is 0 Å². The highest BCUT2D eigenvalue weighted by Crippen LogP contribution is 2.26. The number of benzene rings is 1. The second-order valence-electron chi connectivity index (χ2n) is 4.28. The highest BCUT2D eigenvalue weighted by molar-refractivity contribution is 5.93. The van der Waals surface area contributed by atoms with E-state index in [-0.39, 0.29) is 11.8 Å². The van der Waals surface area contributed by atoms with Crippen molar-refractivity contribution in [2.75, 3.05) is 12.4 Å². The molecule has 0 spiro atoms. The summed E-state index contributed by atoms with van der Waals surface area (Å²) in [5.41, 5.74) is 2.93. The van der Waals surface area contributed by atoms with E-state index < -0.39 is 0 Å². The van der Waals surface area contributed by atoms with Crippen LogP contribution in [-0.2, 0) is 4.79 Å². The molecule has 0 saturated heterocycles. The van der Waals surface area contributed by atoms with E-state index in [0.29, 0.717) is 0 Å². The maximum atomic E-state index is 11.6. The second-order valence-corrected chi connectivity index (χ2v) is 4.28. The Morgan fingerprint density at radius 1 is 1.25 bits per heavy atom. The molecule has 3 nitrogen and oxygen atoms in total. The SMILES string of the molecule is COc1cc(C)c(NC(=O)C(C)C)c(C)c1. The number of carbonyl (C=O) groups is 1. The molecule has 0 fully saturated rings. The van der Waals surface area contributed by atoms with Crippen LogP contribution in [0.1, 0.15) is 25.0 Å². The Hall–Kier alpha value is -1.51. The number of methoxy groups -OCH3 is 1. The van der Waals surface area contributed by atoms with E-state index in [1.165, 1.54) is 0 Å². The van der Waals surface area contributed by atoms with Crippen molar-refractivity contribution in [3.8, 4) is 5.75 Å². The van der Waals surface area contributed by atoms with Crippen molar-refractivity contribution in [2.45, 2.75) is 27.7 Å². The Morgan fingerprint density at radius 3 is 2.12 bits per heavy atom. The van der Waals surface area contributed by atoms with Crippen molar-refractivity contribution in [3.05, 3.63) is 23.3 Å². The average molecular weight is 221 g/mol. The van der Waals surface area contributed by atoms with E-state index in [1.807, 2.05) is 39.8 Å². The van der Waals surface area contributed by atoms with Gasteiger partial charge < -0.3 is 10.1 Å². The zero-order valence-corrected chi connectivity index (χ0v) is 10.5. The lowest BCUT2D eigenvalue weighted by atomic mass is 10.1. The third kappa shape index (κ3) is 2.75. The van der Waals surface area contributed by atoms with Gasteiger partial charge in [-0.05, 0) is 37.1 Å². The molecule has 0 aliphatic heterocycles. The molecule has 88 valence electrons. The Morgan fingerprint density at radius 2 is 1.75 bits per heavy atom. The van der Waals surface area contributed by atoms with Crippen molar-refractivity contribution in [1.29, 1.82) is 0 Å². The lowest BCUT2D eigenvalue weighted by Crippen LogP contribution is -2.19. The molecule has 0 unspecified atom stereocenters. The number of aryl methyl sites for hydroxylation is 2. The first-order chi connectivity index (χ1) is 7.45. The fourth-order valence-electron chi connectivity index (χ4n) is 1.51. The van der Waals surface area contributed by atoms with Gasteiger partial charge in [-0.1, -0.05) is 13.8 Å². The standard InChI is InChI=1S/C13H19NO2/c1-8(2)13(15)14-12-9(3)6-11(16-5)7-10(12)4/h6-8H,1-5H3,(H,14,15). The number of nitrogens with one attached hydrogen (secondary N) is 1. The number of hydrogen-bond donors (Lipinski definition) is 1. The van der Waals surface area contributed by atoms with Gasteiger partial charge in [-0.15, -0.1) is 0 Å². The minimum Gasteiger partial charge on any atom is -0.497 e. The minimum atomic E-state index is -0.0131. The first-order valence-corrected chi connectivity index (χ1v) is 5.41. The number of carbonyl (C=O) groups excluding carboxylic acids is 1. The quantitative estimate of drug-likeness (QED) is 0.852. The van der Waals surface area contributed by atoms with Crippen LogP contribution in [0.4, 0.5) is 5.69 Å². The number of amides is 1. The van der Waals surface area contributed by atoms with E-state index in [4.69, 9.17) is 4.74 Å². The molecular weight excluding hydrogens is 202 g/mol. The van der Waals surface area contributed by atoms with E-state index in [1.54, 1.807) is 7.11 Å². The molecule has 0 bridgehead atoms. The molecule has 1 rings (SSSR count). The first-order valence-electron chi connectivity index (χ1n) is 5.41. The van der Waals surface area contributed by atoms with Crippen LogP contribution in [0.25, 0.3) is 0 Å². The van der Waals surface area contributed by atoms with E-state index in [0.717, 1.165) is 22.6 Å². The Bertz CT molecular complexity index is 374. The van der Waals surface area contributed by atoms with Gasteiger partial charge >= 0.3 is 0 Å². The van der Waals surface area contributed by atoms with Crippen molar-refractivity contribution in [2.24, 2.45) is 5.92 Å². The number of ether oxygens (including phenoxy) is 1. The summed E-state index contributed by atoms with van der Waals surface area (Å²) in [5, 5.41) is 2.93. The second kappa shape index (κ2) is 5.01. The van der Waals surface area contributed by atoms with Gasteiger partial charge in [0.1, 0.15) is 5.75 Å². The van der Waals surface area contributed by atoms with E-state index in [9.17, 15) is 4.79 Å². The van der Waals surface area contributed by atoms with Gasteiger partial charge in [0.05, 0.1) is 7.11 Å². The monoisotopic (exact) mass is 221 g/mol. The summed E-state index contributed by atoms with van der Waals surface area (Å²) in [6.07, 6.45) is 0. The van der Waals surface area contributed by atoms with Gasteiger partial charge in [-0.25, -0.2) is 0 Å². The maximum Gasteiger partial charge on any atom is 0.226 e. The molecule has 16 heavy (non-hydrogen) atoms. The van der Waals surface area contributed by atoms with Crippen LogP contribution in [0.15, 0.2) is 12.1 Å². The van der Waals surface area contributed by atoms with Gasteiger partial charge in [-0.3, -0.25) is 4.79 Å². The van der Waals surface area contributed by atoms with Crippen molar-refractivity contribution in [3.63, 3.8) is 0 Å². The lowest BCUT2D eigenvalue weighted by Gasteiger charge is -2.14. The molecule has 3 heteroatoms. The summed E-state index contributed by atoms with van der Waals surface area (Å²) >= 11 is 0. The molecule has 0 saturated carbocycles. The van der Waals surface area contributed by atoms with Crippen molar-refractivity contribution < 1.29 is 9.53 Å². The van der Waals surface area contributed by atoms with Crippen LogP contribution in [0.5, 0.6) is 5.75 Å². The highest BCUT2D eigenvalue weighted by Gasteiger charge is 2.11. The summed E-state index contributed by atoms with van der Waals surface area (Å²) in [7, 11) is 1.64. The molecule has 1 N–H and O–H groups in total. The Kier molecular flexibility index (Phi) is 3.93. The summed E-state index contributed by atoms with van der Waals surface area (Å²) < 4.78 is 5.17. The van der Waals surface area contributed by atoms with Crippen molar-refractivity contribution >= 4 is 11.6 Å². The summed E-state index contributed by atoms with van der Waals surface area (Å²) in [4.78, 5) is 11.6. The fraction of sp³-hybridized carbons (Fsp3) is 0.462. The van der Waals surface area contributed by atoms with Crippen LogP contribution >= 0.6 is 0 Å². The third-order valence-electron chi connectivity index (χ3n) is 2.51. The van der Waals surface area contributed by atoms with Crippen LogP contribution in [-0.4, -0.2) is 13.0 Å². The van der Waals surface area contributed by atoms with Crippen LogP contribution in [0, 0.1) is 19.8 Å². The molecule has 0 aliphatic rings. The topological polar surface area (TPSA) is 38.3 Å². The van der Waals surface area contributed by atoms with E-state index in [2.05, 4.69) is 5.32 Å². The van der Waals surface area contributed by atoms with Crippen LogP contribution in [0.2, 0.25) is 0 Å². The predicted molar refractivity (Wildman–Crippen MR) is 65.9 cm³/mol. The molecule has 0 atom stereocenters. The molecule has 1 aromatic rings. The van der Waals surface area contributed by atoms with Crippen molar-refractivity contribution in [1.82, 2.24) is 0 Å². The van der Waals surface area contributed by atoms with Crippen LogP contribution in [0.3, 0.4) is 0 Å². The minimum absolute atomic E-state index is 0.0131. The summed E-state index contributed by atoms with van der Waals surface area (Å²) in [6.45, 7) is 7.68. The number of anilines is 1. The molecule has 0 aromatic heterocycles. The van der Waals surface area contributed by atoms with Crippen LogP contribution < -0.4 is 10.1 Å². The lowest BCUT2D eigenvalue weighted by molar-refractivity contribution is -0.118. The van der Waals surface area contributed by atoms with Gasteiger partial charge in [0.2, 0.25) is 5.91 Å².